The van der Waals surface area contributed by atoms with E-state index in [9.17, 15) is 0 Å². The first-order chi connectivity index (χ1) is 14.8. The normalized spacial score (nSPS) is 11.3. The average Bonchev–Trinajstić information content (AvgIpc) is 2.82. The molecule has 0 N–H and O–H groups in total. The summed E-state index contributed by atoms with van der Waals surface area (Å²) in [5.74, 6) is 0. The second-order valence-corrected chi connectivity index (χ2v) is 7.86. The van der Waals surface area contributed by atoms with E-state index in [-0.39, 0.29) is 0 Å². The van der Waals surface area contributed by atoms with Crippen molar-refractivity contribution in [2.24, 2.45) is 0 Å². The fourth-order valence-electron chi connectivity index (χ4n) is 4.85. The van der Waals surface area contributed by atoms with Crippen LogP contribution in [0.1, 0.15) is 25.0 Å². The Balaban J connectivity index is 2.01. The number of benzene rings is 5. The molecule has 0 amide bonds. The van der Waals surface area contributed by atoms with Gasteiger partial charge in [-0.2, -0.15) is 0 Å². The smallest absolute Gasteiger partial charge is 0.00236 e. The number of fused-ring (bicyclic) bond motifs is 2. The summed E-state index contributed by atoms with van der Waals surface area (Å²) in [4.78, 5) is 0. The number of hydrogen-bond acceptors (Lipinski definition) is 0. The molecular weight excluding hydrogens is 360 g/mol. The molecule has 0 atom stereocenters. The van der Waals surface area contributed by atoms with E-state index in [0.717, 1.165) is 12.8 Å². The molecule has 5 rings (SSSR count). The van der Waals surface area contributed by atoms with Gasteiger partial charge in [0.05, 0.1) is 0 Å². The SMILES string of the molecule is CCc1ccccc1-c1c2ccccc2c(-c2ccccc2CC)c2ccccc12. The summed E-state index contributed by atoms with van der Waals surface area (Å²) < 4.78 is 0. The molecule has 0 bridgehead atoms. The zero-order valence-corrected chi connectivity index (χ0v) is 17.7. The Hall–Kier alpha value is -3.38. The van der Waals surface area contributed by atoms with Crippen LogP contribution in [0.15, 0.2) is 97.1 Å². The first-order valence-electron chi connectivity index (χ1n) is 10.9. The van der Waals surface area contributed by atoms with E-state index in [4.69, 9.17) is 0 Å². The molecule has 0 fully saturated rings. The summed E-state index contributed by atoms with van der Waals surface area (Å²) in [6.07, 6.45) is 2.05. The Labute approximate surface area is 178 Å². The van der Waals surface area contributed by atoms with E-state index in [0.29, 0.717) is 0 Å². The lowest BCUT2D eigenvalue weighted by molar-refractivity contribution is 1.14. The number of hydrogen-bond donors (Lipinski definition) is 0. The predicted octanol–water partition coefficient (Wildman–Crippen LogP) is 8.45. The maximum atomic E-state index is 2.29. The fraction of sp³-hybridized carbons (Fsp3) is 0.133. The summed E-state index contributed by atoms with van der Waals surface area (Å²) in [6.45, 7) is 4.49. The lowest BCUT2D eigenvalue weighted by Crippen LogP contribution is -1.95. The Kier molecular flexibility index (Phi) is 4.85. The Morgan fingerprint density at radius 2 is 0.700 bits per heavy atom. The molecule has 0 aliphatic heterocycles. The van der Waals surface area contributed by atoms with Crippen molar-refractivity contribution in [3.8, 4) is 22.3 Å². The first-order valence-corrected chi connectivity index (χ1v) is 10.9. The molecule has 0 unspecified atom stereocenters. The third-order valence-corrected chi connectivity index (χ3v) is 6.27. The molecule has 0 radical (unpaired) electrons. The number of rotatable bonds is 4. The van der Waals surface area contributed by atoms with Gasteiger partial charge in [0.25, 0.3) is 0 Å². The summed E-state index contributed by atoms with van der Waals surface area (Å²) in [5.41, 5.74) is 8.21. The first kappa shape index (κ1) is 18.6. The van der Waals surface area contributed by atoms with Crippen LogP contribution in [0, 0.1) is 0 Å². The van der Waals surface area contributed by atoms with Crippen LogP contribution >= 0.6 is 0 Å². The third kappa shape index (κ3) is 2.92. The third-order valence-electron chi connectivity index (χ3n) is 6.27. The quantitative estimate of drug-likeness (QED) is 0.272. The summed E-state index contributed by atoms with van der Waals surface area (Å²) in [6, 6.07) is 35.6. The van der Waals surface area contributed by atoms with Gasteiger partial charge in [-0.1, -0.05) is 111 Å². The van der Waals surface area contributed by atoms with Gasteiger partial charge in [0.15, 0.2) is 0 Å². The molecule has 5 aromatic carbocycles. The number of aryl methyl sites for hydroxylation is 2. The van der Waals surface area contributed by atoms with Crippen molar-refractivity contribution in [3.05, 3.63) is 108 Å². The highest BCUT2D eigenvalue weighted by Crippen LogP contribution is 2.45. The molecule has 146 valence electrons. The largest absolute Gasteiger partial charge is 0.0620 e. The van der Waals surface area contributed by atoms with E-state index in [1.165, 1.54) is 54.9 Å². The highest BCUT2D eigenvalue weighted by molar-refractivity contribution is 6.21. The fourth-order valence-corrected chi connectivity index (χ4v) is 4.85. The van der Waals surface area contributed by atoms with E-state index in [1.807, 2.05) is 0 Å². The maximum absolute atomic E-state index is 2.29. The van der Waals surface area contributed by atoms with E-state index >= 15 is 0 Å². The molecule has 0 aromatic heterocycles. The molecule has 0 aliphatic rings. The van der Waals surface area contributed by atoms with Gasteiger partial charge in [0.1, 0.15) is 0 Å². The minimum absolute atomic E-state index is 1.03. The molecule has 0 spiro atoms. The van der Waals surface area contributed by atoms with Crippen LogP contribution in [0.25, 0.3) is 43.8 Å². The lowest BCUT2D eigenvalue weighted by Gasteiger charge is -2.20. The molecule has 0 nitrogen and oxygen atoms in total. The standard InChI is InChI=1S/C30H26/c1-3-21-13-5-7-15-23(21)29-25-17-9-11-19-27(25)30(28-20-12-10-18-26(28)29)24-16-8-6-14-22(24)4-2/h5-20H,3-4H2,1-2H3. The molecule has 0 heterocycles. The summed E-state index contributed by atoms with van der Waals surface area (Å²) in [7, 11) is 0. The highest BCUT2D eigenvalue weighted by Gasteiger charge is 2.18. The van der Waals surface area contributed by atoms with Gasteiger partial charge < -0.3 is 0 Å². The van der Waals surface area contributed by atoms with Crippen LogP contribution < -0.4 is 0 Å². The lowest BCUT2D eigenvalue weighted by atomic mass is 9.83. The molecule has 0 saturated heterocycles. The zero-order valence-electron chi connectivity index (χ0n) is 17.7. The zero-order chi connectivity index (χ0) is 20.5. The van der Waals surface area contributed by atoms with Gasteiger partial charge in [-0.3, -0.25) is 0 Å². The van der Waals surface area contributed by atoms with E-state index < -0.39 is 0 Å². The van der Waals surface area contributed by atoms with Gasteiger partial charge in [-0.05, 0) is 67.8 Å². The summed E-state index contributed by atoms with van der Waals surface area (Å²) >= 11 is 0. The van der Waals surface area contributed by atoms with Crippen molar-refractivity contribution in [3.63, 3.8) is 0 Å². The molecule has 0 heteroatoms. The van der Waals surface area contributed by atoms with Crippen molar-refractivity contribution in [1.29, 1.82) is 0 Å². The van der Waals surface area contributed by atoms with Crippen LogP contribution in [0.3, 0.4) is 0 Å². The topological polar surface area (TPSA) is 0 Å². The Morgan fingerprint density at radius 3 is 1.03 bits per heavy atom. The van der Waals surface area contributed by atoms with E-state index in [1.54, 1.807) is 0 Å². The predicted molar refractivity (Wildman–Crippen MR) is 131 cm³/mol. The van der Waals surface area contributed by atoms with E-state index in [2.05, 4.69) is 111 Å². The van der Waals surface area contributed by atoms with Crippen molar-refractivity contribution in [2.45, 2.75) is 26.7 Å². The van der Waals surface area contributed by atoms with Crippen LogP contribution in [-0.4, -0.2) is 0 Å². The Morgan fingerprint density at radius 1 is 0.400 bits per heavy atom. The van der Waals surface area contributed by atoms with Gasteiger partial charge in [0, 0.05) is 0 Å². The average molecular weight is 387 g/mol. The maximum Gasteiger partial charge on any atom is -0.00236 e. The second kappa shape index (κ2) is 7.80. The van der Waals surface area contributed by atoms with Crippen molar-refractivity contribution in [1.82, 2.24) is 0 Å². The van der Waals surface area contributed by atoms with Crippen LogP contribution in [0.2, 0.25) is 0 Å². The van der Waals surface area contributed by atoms with Gasteiger partial charge in [-0.15, -0.1) is 0 Å². The van der Waals surface area contributed by atoms with Gasteiger partial charge >= 0.3 is 0 Å². The van der Waals surface area contributed by atoms with Crippen LogP contribution in [-0.2, 0) is 12.8 Å². The van der Waals surface area contributed by atoms with Crippen LogP contribution in [0.4, 0.5) is 0 Å². The second-order valence-electron chi connectivity index (χ2n) is 7.86. The minimum atomic E-state index is 1.03. The molecule has 0 saturated carbocycles. The molecular formula is C30H26. The highest BCUT2D eigenvalue weighted by atomic mass is 14.2. The monoisotopic (exact) mass is 386 g/mol. The van der Waals surface area contributed by atoms with Crippen molar-refractivity contribution >= 4 is 21.5 Å². The van der Waals surface area contributed by atoms with Gasteiger partial charge in [0.2, 0.25) is 0 Å². The minimum Gasteiger partial charge on any atom is -0.0620 e. The van der Waals surface area contributed by atoms with Crippen molar-refractivity contribution < 1.29 is 0 Å². The summed E-state index contributed by atoms with van der Waals surface area (Å²) in [5, 5.41) is 5.33. The molecule has 30 heavy (non-hydrogen) atoms. The van der Waals surface area contributed by atoms with Crippen molar-refractivity contribution in [2.75, 3.05) is 0 Å². The van der Waals surface area contributed by atoms with Crippen LogP contribution in [0.5, 0.6) is 0 Å². The Bertz CT molecular complexity index is 1200. The van der Waals surface area contributed by atoms with Gasteiger partial charge in [-0.25, -0.2) is 0 Å². The molecule has 0 aliphatic carbocycles. The molecule has 5 aromatic rings.